The summed E-state index contributed by atoms with van der Waals surface area (Å²) in [5, 5.41) is 7.97. The number of rotatable bonds is 6. The van der Waals surface area contributed by atoms with E-state index in [-0.39, 0.29) is 16.9 Å². The first-order valence-corrected chi connectivity index (χ1v) is 12.0. The first-order valence-electron chi connectivity index (χ1n) is 12.0. The van der Waals surface area contributed by atoms with Gasteiger partial charge in [0.25, 0.3) is 5.91 Å². The number of hydrogen-bond acceptors (Lipinski definition) is 7. The Morgan fingerprint density at radius 3 is 2.16 bits per heavy atom. The Bertz CT molecular complexity index is 1350. The van der Waals surface area contributed by atoms with Crippen LogP contribution in [0.3, 0.4) is 0 Å². The summed E-state index contributed by atoms with van der Waals surface area (Å²) in [6.45, 7) is 3.54. The van der Waals surface area contributed by atoms with Gasteiger partial charge in [0.2, 0.25) is 5.78 Å². The number of amides is 1. The molecule has 3 heterocycles. The number of carbonyl (C=O) groups excluding carboxylic acids is 3. The second-order valence-electron chi connectivity index (χ2n) is 9.22. The van der Waals surface area contributed by atoms with Crippen molar-refractivity contribution < 1.29 is 32.3 Å². The van der Waals surface area contributed by atoms with Gasteiger partial charge in [0.15, 0.2) is 11.6 Å². The largest absolute Gasteiger partial charge is 0.573 e. The van der Waals surface area contributed by atoms with Crippen LogP contribution >= 0.6 is 0 Å². The summed E-state index contributed by atoms with van der Waals surface area (Å²) in [6, 6.07) is 13.6. The normalized spacial score (nSPS) is 19.8. The fourth-order valence-corrected chi connectivity index (χ4v) is 4.90. The van der Waals surface area contributed by atoms with Crippen molar-refractivity contribution in [1.82, 2.24) is 10.2 Å². The molecule has 2 aromatic carbocycles. The number of anilines is 2. The van der Waals surface area contributed by atoms with Crippen LogP contribution in [0.1, 0.15) is 40.5 Å². The Morgan fingerprint density at radius 2 is 1.58 bits per heavy atom. The predicted octanol–water partition coefficient (Wildman–Crippen LogP) is 4.44. The third-order valence-corrected chi connectivity index (χ3v) is 6.70. The van der Waals surface area contributed by atoms with Crippen LogP contribution in [0.2, 0.25) is 0 Å². The van der Waals surface area contributed by atoms with Gasteiger partial charge in [-0.05, 0) is 73.9 Å². The zero-order valence-electron chi connectivity index (χ0n) is 20.3. The summed E-state index contributed by atoms with van der Waals surface area (Å²) in [4.78, 5) is 43.4. The fourth-order valence-electron chi connectivity index (χ4n) is 4.90. The molecule has 1 amide bonds. The molecule has 2 unspecified atom stereocenters. The maximum absolute atomic E-state index is 13.7. The number of ether oxygens (including phenoxy) is 1. The van der Waals surface area contributed by atoms with Gasteiger partial charge >= 0.3 is 6.36 Å². The van der Waals surface area contributed by atoms with E-state index in [9.17, 15) is 27.6 Å². The SMILES string of the molecule is Cc1ccc(N2C(=O)C(=O)C(C(=O)c3ccc(N4CCCC4)cc3)C2c2ccc(OC(F)(F)F)cc2)nn1. The zero-order valence-corrected chi connectivity index (χ0v) is 20.3. The summed E-state index contributed by atoms with van der Waals surface area (Å²) in [6.07, 6.45) is -2.71. The van der Waals surface area contributed by atoms with E-state index in [2.05, 4.69) is 19.8 Å². The van der Waals surface area contributed by atoms with Crippen molar-refractivity contribution >= 4 is 29.0 Å². The number of aryl methyl sites for hydroxylation is 1. The number of carbonyl (C=O) groups is 3. The van der Waals surface area contributed by atoms with Crippen LogP contribution in [0.4, 0.5) is 24.7 Å². The van der Waals surface area contributed by atoms with E-state index in [1.165, 1.54) is 18.2 Å². The van der Waals surface area contributed by atoms with Crippen LogP contribution in [0.25, 0.3) is 0 Å². The van der Waals surface area contributed by atoms with Gasteiger partial charge in [0, 0.05) is 24.3 Å². The molecular formula is C27H23F3N4O4. The predicted molar refractivity (Wildman–Crippen MR) is 131 cm³/mol. The van der Waals surface area contributed by atoms with Crippen LogP contribution in [-0.4, -0.2) is 47.1 Å². The molecule has 38 heavy (non-hydrogen) atoms. The highest BCUT2D eigenvalue weighted by Crippen LogP contribution is 2.41. The molecule has 2 fully saturated rings. The van der Waals surface area contributed by atoms with E-state index in [0.29, 0.717) is 5.69 Å². The highest BCUT2D eigenvalue weighted by molar-refractivity contribution is 6.48. The minimum atomic E-state index is -4.88. The number of aromatic nitrogens is 2. The average Bonchev–Trinajstić information content (AvgIpc) is 3.51. The van der Waals surface area contributed by atoms with Crippen molar-refractivity contribution in [2.24, 2.45) is 5.92 Å². The summed E-state index contributed by atoms with van der Waals surface area (Å²) in [5.74, 6) is -4.30. The van der Waals surface area contributed by atoms with Crippen LogP contribution in [-0.2, 0) is 9.59 Å². The van der Waals surface area contributed by atoms with Crippen molar-refractivity contribution in [3.8, 4) is 5.75 Å². The molecule has 0 N–H and O–H groups in total. The quantitative estimate of drug-likeness (QED) is 0.267. The number of halogens is 3. The standard InChI is InChI=1S/C27H23F3N4O4/c1-16-4-13-21(32-31-16)34-23(17-7-11-20(12-8-17)38-27(28,29)30)22(25(36)26(34)37)24(35)18-5-9-19(10-6-18)33-14-2-3-15-33/h4-13,22-23H,2-3,14-15H2,1H3. The van der Waals surface area contributed by atoms with Crippen molar-refractivity contribution in [3.63, 3.8) is 0 Å². The van der Waals surface area contributed by atoms with Crippen molar-refractivity contribution in [1.29, 1.82) is 0 Å². The molecule has 0 radical (unpaired) electrons. The van der Waals surface area contributed by atoms with Gasteiger partial charge in [0.05, 0.1) is 11.7 Å². The first kappa shape index (κ1) is 25.4. The van der Waals surface area contributed by atoms with Crippen molar-refractivity contribution in [2.45, 2.75) is 32.2 Å². The van der Waals surface area contributed by atoms with Gasteiger partial charge in [-0.15, -0.1) is 18.3 Å². The second kappa shape index (κ2) is 9.88. The van der Waals surface area contributed by atoms with Gasteiger partial charge < -0.3 is 9.64 Å². The van der Waals surface area contributed by atoms with Crippen LogP contribution in [0, 0.1) is 12.8 Å². The highest BCUT2D eigenvalue weighted by Gasteiger charge is 2.53. The number of ketones is 2. The highest BCUT2D eigenvalue weighted by atomic mass is 19.4. The molecule has 2 atom stereocenters. The molecule has 196 valence electrons. The molecule has 5 rings (SSSR count). The summed E-state index contributed by atoms with van der Waals surface area (Å²) < 4.78 is 41.9. The molecule has 8 nitrogen and oxygen atoms in total. The van der Waals surface area contributed by atoms with Crippen LogP contribution in [0.15, 0.2) is 60.7 Å². The molecule has 0 saturated carbocycles. The molecule has 3 aromatic rings. The summed E-state index contributed by atoms with van der Waals surface area (Å²) >= 11 is 0. The van der Waals surface area contributed by atoms with Gasteiger partial charge in [-0.1, -0.05) is 12.1 Å². The molecule has 1 aromatic heterocycles. The van der Waals surface area contributed by atoms with Crippen LogP contribution < -0.4 is 14.5 Å². The Morgan fingerprint density at radius 1 is 0.921 bits per heavy atom. The van der Waals surface area contributed by atoms with Gasteiger partial charge in [-0.2, -0.15) is 5.10 Å². The monoisotopic (exact) mass is 524 g/mol. The molecule has 0 spiro atoms. The Balaban J connectivity index is 1.52. The maximum atomic E-state index is 13.7. The number of hydrogen-bond donors (Lipinski definition) is 0. The van der Waals surface area contributed by atoms with E-state index in [4.69, 9.17) is 0 Å². The van der Waals surface area contributed by atoms with Gasteiger partial charge in [-0.3, -0.25) is 19.3 Å². The molecular weight excluding hydrogens is 501 g/mol. The Labute approximate surface area is 216 Å². The van der Waals surface area contributed by atoms with Crippen molar-refractivity contribution in [3.05, 3.63) is 77.5 Å². The zero-order chi connectivity index (χ0) is 27.0. The van der Waals surface area contributed by atoms with E-state index >= 15 is 0 Å². The lowest BCUT2D eigenvalue weighted by molar-refractivity contribution is -0.274. The topological polar surface area (TPSA) is 92.7 Å². The lowest BCUT2D eigenvalue weighted by Crippen LogP contribution is -2.31. The lowest BCUT2D eigenvalue weighted by atomic mass is 9.86. The first-order chi connectivity index (χ1) is 18.1. The number of nitrogens with zero attached hydrogens (tertiary/aromatic N) is 4. The smallest absolute Gasteiger partial charge is 0.406 e. The van der Waals surface area contributed by atoms with Crippen LogP contribution in [0.5, 0.6) is 5.75 Å². The molecule has 11 heteroatoms. The third-order valence-electron chi connectivity index (χ3n) is 6.70. The maximum Gasteiger partial charge on any atom is 0.573 e. The summed E-state index contributed by atoms with van der Waals surface area (Å²) in [7, 11) is 0. The number of benzene rings is 2. The van der Waals surface area contributed by atoms with Crippen molar-refractivity contribution in [2.75, 3.05) is 22.9 Å². The molecule has 0 bridgehead atoms. The van der Waals surface area contributed by atoms with E-state index in [1.54, 1.807) is 37.3 Å². The Hall–Kier alpha value is -4.28. The number of Topliss-reactive ketones (excluding diaryl/α,β-unsaturated/α-hetero) is 2. The Kier molecular flexibility index (Phi) is 6.60. The third kappa shape index (κ3) is 4.96. The molecule has 2 saturated heterocycles. The van der Waals surface area contributed by atoms with Gasteiger partial charge in [0.1, 0.15) is 11.7 Å². The fraction of sp³-hybridized carbons (Fsp3) is 0.296. The minimum Gasteiger partial charge on any atom is -0.406 e. The van der Waals surface area contributed by atoms with E-state index in [1.807, 2.05) is 0 Å². The second-order valence-corrected chi connectivity index (χ2v) is 9.22. The van der Waals surface area contributed by atoms with E-state index < -0.39 is 41.5 Å². The summed E-state index contributed by atoms with van der Waals surface area (Å²) in [5.41, 5.74) is 2.05. The van der Waals surface area contributed by atoms with Gasteiger partial charge in [-0.25, -0.2) is 0 Å². The molecule has 2 aliphatic heterocycles. The molecule has 0 aliphatic carbocycles. The lowest BCUT2D eigenvalue weighted by Gasteiger charge is -2.26. The minimum absolute atomic E-state index is 0.0502. The molecule has 2 aliphatic rings. The average molecular weight is 524 g/mol. The van der Waals surface area contributed by atoms with E-state index in [0.717, 1.165) is 48.7 Å². The number of alkyl halides is 3.